The fraction of sp³-hybridized carbons (Fsp3) is 0.645. The van der Waals surface area contributed by atoms with E-state index in [9.17, 15) is 24.6 Å². The summed E-state index contributed by atoms with van der Waals surface area (Å²) < 4.78 is 12.4. The van der Waals surface area contributed by atoms with E-state index in [2.05, 4.69) is 19.2 Å². The molecule has 0 saturated heterocycles. The van der Waals surface area contributed by atoms with Crippen LogP contribution < -0.4 is 14.8 Å². The Balaban J connectivity index is 1.69. The molecule has 6 atom stereocenters. The molecule has 4 aliphatic carbocycles. The summed E-state index contributed by atoms with van der Waals surface area (Å²) in [6.07, 6.45) is 3.74. The van der Waals surface area contributed by atoms with Gasteiger partial charge in [-0.3, -0.25) is 14.4 Å². The van der Waals surface area contributed by atoms with E-state index in [-0.39, 0.29) is 42.7 Å². The van der Waals surface area contributed by atoms with Crippen molar-refractivity contribution in [2.45, 2.75) is 71.6 Å². The quantitative estimate of drug-likeness (QED) is 0.241. The van der Waals surface area contributed by atoms with E-state index in [1.54, 1.807) is 23.1 Å². The lowest BCUT2D eigenvalue weighted by Gasteiger charge is -2.61. The van der Waals surface area contributed by atoms with E-state index in [0.717, 1.165) is 25.0 Å². The highest BCUT2D eigenvalue weighted by Crippen LogP contribution is 2.61. The molecule has 1 aromatic rings. The highest BCUT2D eigenvalue weighted by molar-refractivity contribution is 14.1. The molecule has 2 amide bonds. The van der Waals surface area contributed by atoms with Gasteiger partial charge in [-0.25, -0.2) is 0 Å². The highest BCUT2D eigenvalue weighted by atomic mass is 127. The normalized spacial score (nSPS) is 28.3. The molecule has 5 rings (SSSR count). The lowest BCUT2D eigenvalue weighted by atomic mass is 9.45. The first-order valence-corrected chi connectivity index (χ1v) is 15.6. The van der Waals surface area contributed by atoms with Gasteiger partial charge < -0.3 is 29.9 Å². The lowest BCUT2D eigenvalue weighted by molar-refractivity contribution is -0.151. The van der Waals surface area contributed by atoms with E-state index in [1.165, 1.54) is 13.5 Å². The summed E-state index contributed by atoms with van der Waals surface area (Å²) in [5, 5.41) is 23.8. The largest absolute Gasteiger partial charge is 0.493 e. The van der Waals surface area contributed by atoms with E-state index >= 15 is 0 Å². The minimum Gasteiger partial charge on any atom is -0.493 e. The van der Waals surface area contributed by atoms with Gasteiger partial charge in [0, 0.05) is 36.6 Å². The van der Waals surface area contributed by atoms with Gasteiger partial charge in [-0.15, -0.1) is 0 Å². The summed E-state index contributed by atoms with van der Waals surface area (Å²) >= 11 is 2.05. The fourth-order valence-corrected chi connectivity index (χ4v) is 7.74. The van der Waals surface area contributed by atoms with Crippen molar-refractivity contribution < 1.29 is 34.1 Å². The van der Waals surface area contributed by atoms with Crippen LogP contribution in [0.15, 0.2) is 23.8 Å². The van der Waals surface area contributed by atoms with Crippen LogP contribution in [-0.2, 0) is 9.59 Å². The number of rotatable bonds is 11. The molecule has 3 saturated carbocycles. The Morgan fingerprint density at radius 3 is 2.59 bits per heavy atom. The zero-order valence-electron chi connectivity index (χ0n) is 24.6. The molecule has 0 spiro atoms. The number of ether oxygens (including phenoxy) is 2. The summed E-state index contributed by atoms with van der Waals surface area (Å²) in [6, 6.07) is 2.52. The van der Waals surface area contributed by atoms with Gasteiger partial charge >= 0.3 is 0 Å². The number of hydrogen-bond donors (Lipinski definition) is 3. The Bertz CT molecular complexity index is 1180. The first-order chi connectivity index (χ1) is 19.4. The second-order valence-electron chi connectivity index (χ2n) is 12.5. The van der Waals surface area contributed by atoms with Crippen LogP contribution in [0.5, 0.6) is 11.5 Å². The maximum Gasteiger partial charge on any atom is 0.247 e. The molecule has 3 fully saturated rings. The Kier molecular flexibility index (Phi) is 10.1. The van der Waals surface area contributed by atoms with Crippen LogP contribution >= 0.6 is 22.6 Å². The van der Waals surface area contributed by atoms with E-state index < -0.39 is 18.2 Å². The van der Waals surface area contributed by atoms with Gasteiger partial charge in [-0.1, -0.05) is 27.7 Å². The predicted octanol–water partition coefficient (Wildman–Crippen LogP) is 3.58. The second-order valence-corrected chi connectivity index (χ2v) is 13.7. The van der Waals surface area contributed by atoms with Crippen LogP contribution in [0.1, 0.15) is 63.7 Å². The van der Waals surface area contributed by atoms with Crippen molar-refractivity contribution in [3.63, 3.8) is 0 Å². The maximum absolute atomic E-state index is 13.7. The smallest absolute Gasteiger partial charge is 0.247 e. The Labute approximate surface area is 256 Å². The average molecular weight is 683 g/mol. The highest BCUT2D eigenvalue weighted by Gasteiger charge is 2.55. The van der Waals surface area contributed by atoms with E-state index in [0.29, 0.717) is 44.6 Å². The number of halogens is 1. The maximum atomic E-state index is 13.7. The summed E-state index contributed by atoms with van der Waals surface area (Å²) in [7, 11) is 1.47. The standard InChI is InChI=1S/C31H43IN2O7/c1-17(2)30(39)34(15-19-6-7-21-14-22(19)31(21,3)4)24-12-20(29(38)33-8-9-35)13-25(27(24)37)41-28-23(32)10-18(16-36)11-26(28)40-5/h10-11,13,16-17,19,21-22,24-25,27,35,37H,6-9,12,14-15H2,1-5H3,(H,33,38). The number of aliphatic hydroxyl groups is 2. The molecule has 0 aromatic heterocycles. The summed E-state index contributed by atoms with van der Waals surface area (Å²) in [4.78, 5) is 40.1. The van der Waals surface area contributed by atoms with Crippen LogP contribution in [0.4, 0.5) is 0 Å². The number of methoxy groups -OCH3 is 1. The van der Waals surface area contributed by atoms with E-state index in [4.69, 9.17) is 9.47 Å². The minimum absolute atomic E-state index is 0.0634. The van der Waals surface area contributed by atoms with Crippen molar-refractivity contribution in [2.75, 3.05) is 26.8 Å². The molecular formula is C31H43IN2O7. The number of fused-ring (bicyclic) bond motifs is 2. The molecule has 41 heavy (non-hydrogen) atoms. The average Bonchev–Trinajstić information content (AvgIpc) is 2.95. The third kappa shape index (κ3) is 6.44. The molecule has 6 unspecified atom stereocenters. The number of aldehydes is 1. The van der Waals surface area contributed by atoms with Crippen LogP contribution in [0.2, 0.25) is 0 Å². The second kappa shape index (κ2) is 13.0. The fourth-order valence-electron chi connectivity index (χ4n) is 6.99. The third-order valence-electron chi connectivity index (χ3n) is 9.47. The first kappa shape index (κ1) is 31.7. The van der Waals surface area contributed by atoms with Gasteiger partial charge in [-0.05, 0) is 83.2 Å². The van der Waals surface area contributed by atoms with Gasteiger partial charge in [-0.2, -0.15) is 0 Å². The van der Waals surface area contributed by atoms with Crippen molar-refractivity contribution in [2.24, 2.45) is 29.1 Å². The molecular weight excluding hydrogens is 639 g/mol. The van der Waals surface area contributed by atoms with Crippen LogP contribution in [0.25, 0.3) is 0 Å². The van der Waals surface area contributed by atoms with Gasteiger partial charge in [0.15, 0.2) is 11.5 Å². The molecule has 10 heteroatoms. The third-order valence-corrected chi connectivity index (χ3v) is 10.3. The van der Waals surface area contributed by atoms with Crippen molar-refractivity contribution in [1.29, 1.82) is 0 Å². The van der Waals surface area contributed by atoms with Gasteiger partial charge in [0.05, 0.1) is 23.3 Å². The number of hydrogen-bond acceptors (Lipinski definition) is 7. The molecule has 0 aliphatic heterocycles. The van der Waals surface area contributed by atoms with Gasteiger partial charge in [0.2, 0.25) is 11.8 Å². The number of nitrogens with one attached hydrogen (secondary N) is 1. The molecule has 2 bridgehead atoms. The molecule has 0 heterocycles. The molecule has 226 valence electrons. The SMILES string of the molecule is COc1cc(C=O)cc(I)c1OC1C=C(C(=O)NCCO)CC(N(CC2CCC3CC2C3(C)C)C(=O)C(C)C)C1O. The van der Waals surface area contributed by atoms with Crippen LogP contribution in [0, 0.1) is 32.7 Å². The van der Waals surface area contributed by atoms with E-state index in [1.807, 2.05) is 36.4 Å². The Morgan fingerprint density at radius 2 is 2.00 bits per heavy atom. The summed E-state index contributed by atoms with van der Waals surface area (Å²) in [6.45, 7) is 8.76. The number of amides is 2. The lowest BCUT2D eigenvalue weighted by Crippen LogP contribution is -2.60. The first-order valence-electron chi connectivity index (χ1n) is 14.5. The van der Waals surface area contributed by atoms with Crippen molar-refractivity contribution in [1.82, 2.24) is 10.2 Å². The molecule has 4 aliphatic rings. The van der Waals surface area contributed by atoms with Crippen molar-refractivity contribution >= 4 is 40.7 Å². The minimum atomic E-state index is -1.12. The van der Waals surface area contributed by atoms with Crippen LogP contribution in [-0.4, -0.2) is 78.3 Å². The zero-order chi connectivity index (χ0) is 30.1. The number of carbonyl (C=O) groups is 3. The van der Waals surface area contributed by atoms with Gasteiger partial charge in [0.25, 0.3) is 0 Å². The number of benzene rings is 1. The molecule has 9 nitrogen and oxygen atoms in total. The number of aliphatic hydroxyl groups excluding tert-OH is 2. The number of nitrogens with zero attached hydrogens (tertiary/aromatic N) is 1. The predicted molar refractivity (Wildman–Crippen MR) is 163 cm³/mol. The van der Waals surface area contributed by atoms with Crippen LogP contribution in [0.3, 0.4) is 0 Å². The van der Waals surface area contributed by atoms with Crippen molar-refractivity contribution in [3.05, 3.63) is 32.9 Å². The summed E-state index contributed by atoms with van der Waals surface area (Å²) in [5.74, 6) is 1.50. The van der Waals surface area contributed by atoms with Gasteiger partial charge in [0.1, 0.15) is 18.5 Å². The number of carbonyl (C=O) groups excluding carboxylic acids is 3. The molecule has 1 aromatic carbocycles. The zero-order valence-corrected chi connectivity index (χ0v) is 26.7. The Hall–Kier alpha value is -2.18. The monoisotopic (exact) mass is 682 g/mol. The topological polar surface area (TPSA) is 125 Å². The Morgan fingerprint density at radius 1 is 1.27 bits per heavy atom. The summed E-state index contributed by atoms with van der Waals surface area (Å²) in [5.41, 5.74) is 1.04. The molecule has 0 radical (unpaired) electrons. The molecule has 3 N–H and O–H groups in total. The van der Waals surface area contributed by atoms with Crippen molar-refractivity contribution in [3.8, 4) is 11.5 Å².